The molecule has 0 atom stereocenters. The summed E-state index contributed by atoms with van der Waals surface area (Å²) in [6, 6.07) is 13.2. The highest BCUT2D eigenvalue weighted by atomic mass is 16.7. The van der Waals surface area contributed by atoms with Gasteiger partial charge in [-0.2, -0.15) is 0 Å². The first-order valence-electron chi connectivity index (χ1n) is 11.8. The monoisotopic (exact) mass is 477 g/mol. The maximum Gasteiger partial charge on any atom is 0.276 e. The van der Waals surface area contributed by atoms with Gasteiger partial charge < -0.3 is 24.2 Å². The smallest absolute Gasteiger partial charge is 0.276 e. The summed E-state index contributed by atoms with van der Waals surface area (Å²) in [5, 5.41) is 6.92. The number of nitrogens with zero attached hydrogens (tertiary/aromatic N) is 2. The Bertz CT molecular complexity index is 1220. The van der Waals surface area contributed by atoms with E-state index in [9.17, 15) is 9.59 Å². The molecule has 0 fully saturated rings. The average Bonchev–Trinajstić information content (AvgIpc) is 3.51. The third-order valence-electron chi connectivity index (χ3n) is 5.93. The Balaban J connectivity index is 1.36. The zero-order valence-electron chi connectivity index (χ0n) is 20.6. The van der Waals surface area contributed by atoms with Gasteiger partial charge in [-0.05, 0) is 54.7 Å². The molecule has 35 heavy (non-hydrogen) atoms. The van der Waals surface area contributed by atoms with Crippen LogP contribution in [0.25, 0.3) is 11.3 Å². The first-order chi connectivity index (χ1) is 16.8. The molecule has 0 unspecified atom stereocenters. The van der Waals surface area contributed by atoms with Gasteiger partial charge in [0.15, 0.2) is 23.0 Å². The number of ether oxygens (including phenoxy) is 2. The first-order valence-corrected chi connectivity index (χ1v) is 11.8. The Morgan fingerprint density at radius 2 is 1.83 bits per heavy atom. The van der Waals surface area contributed by atoms with Gasteiger partial charge in [-0.3, -0.25) is 9.59 Å². The number of aryl methyl sites for hydroxylation is 2. The molecule has 0 saturated carbocycles. The van der Waals surface area contributed by atoms with Gasteiger partial charge in [0, 0.05) is 37.7 Å². The van der Waals surface area contributed by atoms with Crippen molar-refractivity contribution in [2.75, 3.05) is 19.9 Å². The van der Waals surface area contributed by atoms with Crippen molar-refractivity contribution >= 4 is 11.8 Å². The standard InChI is InChI=1S/C27H31N3O5/c1-17(2)15-30(10-9-26(31)28-14-20-6-8-23-25(12-20)34-16-33-23)27(32)22-13-24(35-29-22)21-7-5-18(3)19(4)11-21/h5-8,11-13,17H,9-10,14-16H2,1-4H3,(H,28,31). The highest BCUT2D eigenvalue weighted by Gasteiger charge is 2.22. The number of aromatic nitrogens is 1. The normalized spacial score (nSPS) is 12.1. The highest BCUT2D eigenvalue weighted by molar-refractivity contribution is 5.93. The summed E-state index contributed by atoms with van der Waals surface area (Å²) in [6.07, 6.45) is 0.185. The summed E-state index contributed by atoms with van der Waals surface area (Å²) in [5.41, 5.74) is 4.35. The Hall–Kier alpha value is -3.81. The van der Waals surface area contributed by atoms with Gasteiger partial charge in [-0.15, -0.1) is 0 Å². The number of benzene rings is 2. The predicted octanol–water partition coefficient (Wildman–Crippen LogP) is 4.49. The van der Waals surface area contributed by atoms with E-state index in [0.717, 1.165) is 16.7 Å². The summed E-state index contributed by atoms with van der Waals surface area (Å²) < 4.78 is 16.2. The van der Waals surface area contributed by atoms with Crippen LogP contribution in [0.15, 0.2) is 47.0 Å². The van der Waals surface area contributed by atoms with E-state index >= 15 is 0 Å². The van der Waals surface area contributed by atoms with Crippen LogP contribution in [0.5, 0.6) is 11.5 Å². The van der Waals surface area contributed by atoms with Gasteiger partial charge in [0.1, 0.15) is 0 Å². The van der Waals surface area contributed by atoms with E-state index in [-0.39, 0.29) is 43.2 Å². The lowest BCUT2D eigenvalue weighted by molar-refractivity contribution is -0.121. The molecule has 1 aromatic heterocycles. The van der Waals surface area contributed by atoms with E-state index in [4.69, 9.17) is 14.0 Å². The molecule has 3 aromatic rings. The molecule has 184 valence electrons. The molecule has 0 saturated heterocycles. The van der Waals surface area contributed by atoms with E-state index in [2.05, 4.69) is 10.5 Å². The van der Waals surface area contributed by atoms with E-state index in [1.165, 1.54) is 5.56 Å². The van der Waals surface area contributed by atoms with Crippen LogP contribution in [0.3, 0.4) is 0 Å². The molecule has 1 aliphatic rings. The van der Waals surface area contributed by atoms with Gasteiger partial charge in [0.25, 0.3) is 5.91 Å². The number of hydrogen-bond donors (Lipinski definition) is 1. The van der Waals surface area contributed by atoms with Crippen molar-refractivity contribution < 1.29 is 23.6 Å². The largest absolute Gasteiger partial charge is 0.454 e. The van der Waals surface area contributed by atoms with Gasteiger partial charge in [-0.25, -0.2) is 0 Å². The Morgan fingerprint density at radius 3 is 2.60 bits per heavy atom. The van der Waals surface area contributed by atoms with Crippen LogP contribution in [0.4, 0.5) is 0 Å². The average molecular weight is 478 g/mol. The SMILES string of the molecule is Cc1ccc(-c2cc(C(=O)N(CCC(=O)NCc3ccc4c(c3)OCO4)CC(C)C)no2)cc1C. The topological polar surface area (TPSA) is 93.9 Å². The molecule has 8 nitrogen and oxygen atoms in total. The number of nitrogens with one attached hydrogen (secondary N) is 1. The molecule has 1 aliphatic heterocycles. The fraction of sp³-hybridized carbons (Fsp3) is 0.370. The van der Waals surface area contributed by atoms with Crippen LogP contribution in [-0.2, 0) is 11.3 Å². The second kappa shape index (κ2) is 10.6. The number of hydrogen-bond acceptors (Lipinski definition) is 6. The van der Waals surface area contributed by atoms with Crippen LogP contribution in [0.1, 0.15) is 47.4 Å². The summed E-state index contributed by atoms with van der Waals surface area (Å²) in [5.74, 6) is 1.78. The van der Waals surface area contributed by atoms with Crippen LogP contribution >= 0.6 is 0 Å². The molecule has 2 amide bonds. The van der Waals surface area contributed by atoms with Gasteiger partial charge in [-0.1, -0.05) is 37.2 Å². The van der Waals surface area contributed by atoms with Crippen molar-refractivity contribution in [3.63, 3.8) is 0 Å². The Morgan fingerprint density at radius 1 is 1.03 bits per heavy atom. The fourth-order valence-electron chi connectivity index (χ4n) is 3.86. The highest BCUT2D eigenvalue weighted by Crippen LogP contribution is 2.32. The van der Waals surface area contributed by atoms with Crippen molar-refractivity contribution in [1.29, 1.82) is 0 Å². The minimum atomic E-state index is -0.249. The molecule has 2 heterocycles. The van der Waals surface area contributed by atoms with Crippen LogP contribution in [0.2, 0.25) is 0 Å². The van der Waals surface area contributed by atoms with Gasteiger partial charge >= 0.3 is 0 Å². The van der Waals surface area contributed by atoms with E-state index in [1.54, 1.807) is 11.0 Å². The lowest BCUT2D eigenvalue weighted by atomic mass is 10.0. The first kappa shape index (κ1) is 24.3. The molecule has 8 heteroatoms. The molecule has 4 rings (SSSR count). The zero-order valence-corrected chi connectivity index (χ0v) is 20.6. The number of rotatable bonds is 9. The molecule has 0 aliphatic carbocycles. The number of fused-ring (bicyclic) bond motifs is 1. The third-order valence-corrected chi connectivity index (χ3v) is 5.93. The second-order valence-electron chi connectivity index (χ2n) is 9.23. The maximum absolute atomic E-state index is 13.2. The lowest BCUT2D eigenvalue weighted by Gasteiger charge is -2.23. The van der Waals surface area contributed by atoms with Gasteiger partial charge in [0.2, 0.25) is 12.7 Å². The van der Waals surface area contributed by atoms with E-state index < -0.39 is 0 Å². The summed E-state index contributed by atoms with van der Waals surface area (Å²) >= 11 is 0. The molecular weight excluding hydrogens is 446 g/mol. The quantitative estimate of drug-likeness (QED) is 0.488. The summed E-state index contributed by atoms with van der Waals surface area (Å²) in [4.78, 5) is 27.4. The molecule has 2 aromatic carbocycles. The Kier molecular flexibility index (Phi) is 7.39. The molecule has 1 N–H and O–H groups in total. The molecule has 0 radical (unpaired) electrons. The lowest BCUT2D eigenvalue weighted by Crippen LogP contribution is -2.37. The van der Waals surface area contributed by atoms with Crippen LogP contribution in [-0.4, -0.2) is 41.8 Å². The van der Waals surface area contributed by atoms with Crippen molar-refractivity contribution in [2.24, 2.45) is 5.92 Å². The van der Waals surface area contributed by atoms with Crippen molar-refractivity contribution in [3.05, 3.63) is 64.8 Å². The summed E-state index contributed by atoms with van der Waals surface area (Å²) in [6.45, 7) is 9.52. The third kappa shape index (κ3) is 6.01. The van der Waals surface area contributed by atoms with E-state index in [0.29, 0.717) is 30.3 Å². The molecule has 0 bridgehead atoms. The van der Waals surface area contributed by atoms with Crippen LogP contribution < -0.4 is 14.8 Å². The second-order valence-corrected chi connectivity index (χ2v) is 9.23. The maximum atomic E-state index is 13.2. The van der Waals surface area contributed by atoms with Crippen LogP contribution in [0, 0.1) is 19.8 Å². The zero-order chi connectivity index (χ0) is 24.9. The van der Waals surface area contributed by atoms with Crippen molar-refractivity contribution in [3.8, 4) is 22.8 Å². The minimum Gasteiger partial charge on any atom is -0.454 e. The van der Waals surface area contributed by atoms with Crippen molar-refractivity contribution in [1.82, 2.24) is 15.4 Å². The molecule has 0 spiro atoms. The molecular formula is C27H31N3O5. The number of amides is 2. The predicted molar refractivity (Wildman–Crippen MR) is 131 cm³/mol. The number of carbonyl (C=O) groups excluding carboxylic acids is 2. The van der Waals surface area contributed by atoms with Crippen molar-refractivity contribution in [2.45, 2.75) is 40.7 Å². The van der Waals surface area contributed by atoms with Gasteiger partial charge in [0.05, 0.1) is 0 Å². The Labute approximate surface area is 205 Å². The van der Waals surface area contributed by atoms with E-state index in [1.807, 2.05) is 64.1 Å². The summed E-state index contributed by atoms with van der Waals surface area (Å²) in [7, 11) is 0. The number of carbonyl (C=O) groups is 2. The minimum absolute atomic E-state index is 0.139. The fourth-order valence-corrected chi connectivity index (χ4v) is 3.86.